The quantitative estimate of drug-likeness (QED) is 0.489. The highest BCUT2D eigenvalue weighted by atomic mass is 15.3. The smallest absolute Gasteiger partial charge is 0.230 e. The minimum absolute atomic E-state index is 0.895. The van der Waals surface area contributed by atoms with E-state index >= 15 is 0 Å². The molecule has 4 rings (SSSR count). The van der Waals surface area contributed by atoms with Gasteiger partial charge in [-0.05, 0) is 24.3 Å². The Hall–Kier alpha value is -2.62. The van der Waals surface area contributed by atoms with E-state index in [1.165, 1.54) is 5.39 Å². The number of hydrogen-bond acceptors (Lipinski definition) is 1. The van der Waals surface area contributed by atoms with E-state index in [-0.39, 0.29) is 0 Å². The van der Waals surface area contributed by atoms with Gasteiger partial charge in [-0.25, -0.2) is 5.10 Å². The first-order chi connectivity index (χ1) is 8.93. The van der Waals surface area contributed by atoms with E-state index in [1.807, 2.05) is 41.2 Å². The Labute approximate surface area is 103 Å². The summed E-state index contributed by atoms with van der Waals surface area (Å²) in [4.78, 5) is 0. The highest BCUT2D eigenvalue weighted by Crippen LogP contribution is 2.17. The lowest BCUT2D eigenvalue weighted by Crippen LogP contribution is -2.33. The largest absolute Gasteiger partial charge is 0.381 e. The predicted molar refractivity (Wildman–Crippen MR) is 69.5 cm³/mol. The lowest BCUT2D eigenvalue weighted by molar-refractivity contribution is -0.632. The van der Waals surface area contributed by atoms with E-state index in [9.17, 15) is 0 Å². The SMILES string of the molecule is c1ccc2c(c1)c[nH][n+]2-c1n[nH]c2ccccc12. The summed E-state index contributed by atoms with van der Waals surface area (Å²) in [5.41, 5.74) is 2.16. The van der Waals surface area contributed by atoms with E-state index in [2.05, 4.69) is 33.5 Å². The molecule has 0 saturated carbocycles. The molecule has 0 unspecified atom stereocenters. The fourth-order valence-electron chi connectivity index (χ4n) is 2.31. The second-order valence-electron chi connectivity index (χ2n) is 4.26. The van der Waals surface area contributed by atoms with Crippen LogP contribution in [0.25, 0.3) is 27.6 Å². The lowest BCUT2D eigenvalue weighted by Gasteiger charge is -1.91. The zero-order valence-electron chi connectivity index (χ0n) is 9.59. The maximum atomic E-state index is 4.39. The van der Waals surface area contributed by atoms with Crippen LogP contribution in [0.15, 0.2) is 54.7 Å². The maximum Gasteiger partial charge on any atom is 0.381 e. The van der Waals surface area contributed by atoms with Crippen molar-refractivity contribution in [2.75, 3.05) is 0 Å². The van der Waals surface area contributed by atoms with Gasteiger partial charge in [-0.3, -0.25) is 0 Å². The topological polar surface area (TPSA) is 48.4 Å². The molecule has 18 heavy (non-hydrogen) atoms. The summed E-state index contributed by atoms with van der Waals surface area (Å²) < 4.78 is 1.99. The van der Waals surface area contributed by atoms with E-state index < -0.39 is 0 Å². The molecule has 0 saturated heterocycles. The highest BCUT2D eigenvalue weighted by Gasteiger charge is 2.19. The van der Waals surface area contributed by atoms with Gasteiger partial charge in [0.05, 0.1) is 22.2 Å². The summed E-state index contributed by atoms with van der Waals surface area (Å²) in [5, 5.41) is 13.0. The summed E-state index contributed by atoms with van der Waals surface area (Å²) in [7, 11) is 0. The number of aromatic nitrogens is 4. The zero-order valence-corrected chi connectivity index (χ0v) is 9.59. The van der Waals surface area contributed by atoms with Crippen LogP contribution in [0.1, 0.15) is 0 Å². The number of nitrogens with one attached hydrogen (secondary N) is 2. The summed E-state index contributed by atoms with van der Waals surface area (Å²) in [6, 6.07) is 16.3. The van der Waals surface area contributed by atoms with Crippen LogP contribution >= 0.6 is 0 Å². The van der Waals surface area contributed by atoms with Gasteiger partial charge in [-0.15, -0.1) is 4.68 Å². The fourth-order valence-corrected chi connectivity index (χ4v) is 2.31. The van der Waals surface area contributed by atoms with Crippen molar-refractivity contribution in [3.63, 3.8) is 0 Å². The molecule has 0 aliphatic rings. The first kappa shape index (κ1) is 9.41. The Morgan fingerprint density at radius 2 is 1.78 bits per heavy atom. The third-order valence-corrected chi connectivity index (χ3v) is 3.19. The van der Waals surface area contributed by atoms with Crippen LogP contribution in [0.4, 0.5) is 0 Å². The van der Waals surface area contributed by atoms with Gasteiger partial charge in [-0.1, -0.05) is 24.3 Å². The van der Waals surface area contributed by atoms with Crippen LogP contribution in [0.2, 0.25) is 0 Å². The van der Waals surface area contributed by atoms with Crippen molar-refractivity contribution in [2.45, 2.75) is 0 Å². The molecule has 0 spiro atoms. The number of aromatic amines is 2. The third-order valence-electron chi connectivity index (χ3n) is 3.19. The number of fused-ring (bicyclic) bond motifs is 2. The van der Waals surface area contributed by atoms with Gasteiger partial charge in [-0.2, -0.15) is 5.10 Å². The molecule has 4 nitrogen and oxygen atoms in total. The molecule has 0 amide bonds. The van der Waals surface area contributed by atoms with Gasteiger partial charge >= 0.3 is 5.82 Å². The molecule has 2 aromatic heterocycles. The van der Waals surface area contributed by atoms with E-state index in [1.54, 1.807) is 0 Å². The number of rotatable bonds is 1. The van der Waals surface area contributed by atoms with Crippen LogP contribution < -0.4 is 4.68 Å². The summed E-state index contributed by atoms with van der Waals surface area (Å²) in [6.07, 6.45) is 1.98. The van der Waals surface area contributed by atoms with Gasteiger partial charge in [0.1, 0.15) is 0 Å². The molecule has 4 heteroatoms. The third kappa shape index (κ3) is 1.20. The van der Waals surface area contributed by atoms with Crippen molar-refractivity contribution in [1.82, 2.24) is 15.3 Å². The molecule has 4 aromatic rings. The van der Waals surface area contributed by atoms with Crippen molar-refractivity contribution in [3.8, 4) is 5.82 Å². The minimum atomic E-state index is 0.895. The number of H-pyrrole nitrogens is 2. The van der Waals surface area contributed by atoms with Crippen LogP contribution in [0.5, 0.6) is 0 Å². The average molecular weight is 235 g/mol. The molecule has 0 aliphatic carbocycles. The number of hydrogen-bond donors (Lipinski definition) is 2. The van der Waals surface area contributed by atoms with Gasteiger partial charge < -0.3 is 0 Å². The molecule has 2 N–H and O–H groups in total. The predicted octanol–water partition coefficient (Wildman–Crippen LogP) is 2.32. The van der Waals surface area contributed by atoms with Crippen LogP contribution in [0.3, 0.4) is 0 Å². The first-order valence-electron chi connectivity index (χ1n) is 5.85. The van der Waals surface area contributed by atoms with Crippen molar-refractivity contribution < 1.29 is 4.68 Å². The Balaban J connectivity index is 2.08. The molecule has 2 aromatic carbocycles. The molecule has 86 valence electrons. The normalized spacial score (nSPS) is 11.3. The molecular weight excluding hydrogens is 224 g/mol. The Bertz CT molecular complexity index is 769. The van der Waals surface area contributed by atoms with Gasteiger partial charge in [0, 0.05) is 5.39 Å². The second-order valence-corrected chi connectivity index (χ2v) is 4.26. The Kier molecular flexibility index (Phi) is 1.80. The highest BCUT2D eigenvalue weighted by molar-refractivity contribution is 5.84. The maximum absolute atomic E-state index is 4.39. The lowest BCUT2D eigenvalue weighted by atomic mass is 10.2. The zero-order chi connectivity index (χ0) is 11.9. The average Bonchev–Trinajstić information content (AvgIpc) is 3.01. The van der Waals surface area contributed by atoms with Crippen molar-refractivity contribution in [1.29, 1.82) is 0 Å². The summed E-state index contributed by atoms with van der Waals surface area (Å²) in [6.45, 7) is 0. The molecule has 0 fully saturated rings. The molecule has 0 radical (unpaired) electrons. The number of benzene rings is 2. The monoisotopic (exact) mass is 235 g/mol. The van der Waals surface area contributed by atoms with E-state index in [0.29, 0.717) is 0 Å². The first-order valence-corrected chi connectivity index (χ1v) is 5.85. The van der Waals surface area contributed by atoms with E-state index in [0.717, 1.165) is 22.2 Å². The summed E-state index contributed by atoms with van der Waals surface area (Å²) in [5.74, 6) is 0.895. The fraction of sp³-hybridized carbons (Fsp3) is 0. The number of nitrogens with zero attached hydrogens (tertiary/aromatic N) is 2. The summed E-state index contributed by atoms with van der Waals surface area (Å²) >= 11 is 0. The van der Waals surface area contributed by atoms with Crippen molar-refractivity contribution >= 4 is 21.8 Å². The Morgan fingerprint density at radius 1 is 0.944 bits per heavy atom. The standard InChI is InChI=1S/C14H10N4/c1-4-8-13-10(5-1)9-15-18(13)14-11-6-2-3-7-12(11)16-17-14/h1-9H,(H,16,17)/p+1. The van der Waals surface area contributed by atoms with E-state index in [4.69, 9.17) is 0 Å². The van der Waals surface area contributed by atoms with Gasteiger partial charge in [0.15, 0.2) is 5.52 Å². The van der Waals surface area contributed by atoms with Gasteiger partial charge in [0.25, 0.3) is 0 Å². The van der Waals surface area contributed by atoms with Crippen molar-refractivity contribution in [3.05, 3.63) is 54.7 Å². The molecule has 0 bridgehead atoms. The van der Waals surface area contributed by atoms with Gasteiger partial charge in [0.2, 0.25) is 0 Å². The second kappa shape index (κ2) is 3.43. The molecule has 0 aliphatic heterocycles. The molecule has 2 heterocycles. The van der Waals surface area contributed by atoms with Crippen LogP contribution in [-0.4, -0.2) is 15.3 Å². The van der Waals surface area contributed by atoms with Crippen LogP contribution in [-0.2, 0) is 0 Å². The van der Waals surface area contributed by atoms with Crippen LogP contribution in [0, 0.1) is 0 Å². The minimum Gasteiger partial charge on any atom is -0.230 e. The van der Waals surface area contributed by atoms with Crippen molar-refractivity contribution in [2.24, 2.45) is 0 Å². The molecular formula is C14H11N4+. The number of para-hydroxylation sites is 2. The molecule has 0 atom stereocenters. The Morgan fingerprint density at radius 3 is 2.78 bits per heavy atom.